The van der Waals surface area contributed by atoms with Gasteiger partial charge in [-0.15, -0.1) is 18.3 Å². The number of halogens is 3. The second kappa shape index (κ2) is 8.14. The summed E-state index contributed by atoms with van der Waals surface area (Å²) in [4.78, 5) is 4.37. The van der Waals surface area contributed by atoms with Crippen LogP contribution in [0.25, 0.3) is 17.1 Å². The van der Waals surface area contributed by atoms with E-state index in [0.29, 0.717) is 28.3 Å². The number of aryl methyl sites for hydroxylation is 1. The number of ether oxygens (including phenoxy) is 1. The molecule has 0 saturated carbocycles. The summed E-state index contributed by atoms with van der Waals surface area (Å²) in [5.41, 5.74) is 2.41. The van der Waals surface area contributed by atoms with Gasteiger partial charge in [0.15, 0.2) is 0 Å². The highest BCUT2D eigenvalue weighted by molar-refractivity contribution is 7.98. The molecular formula is C18H13F3N6O2S. The molecule has 0 spiro atoms. The minimum atomic E-state index is -4.75. The first-order valence-corrected chi connectivity index (χ1v) is 9.53. The zero-order chi connectivity index (χ0) is 21.1. The van der Waals surface area contributed by atoms with Crippen LogP contribution in [0.4, 0.5) is 13.2 Å². The van der Waals surface area contributed by atoms with Gasteiger partial charge in [-0.1, -0.05) is 40.7 Å². The summed E-state index contributed by atoms with van der Waals surface area (Å²) in [6.07, 6.45) is -4.75. The highest BCUT2D eigenvalue weighted by atomic mass is 32.2. The lowest BCUT2D eigenvalue weighted by molar-refractivity contribution is -0.274. The van der Waals surface area contributed by atoms with Crippen LogP contribution >= 0.6 is 11.8 Å². The summed E-state index contributed by atoms with van der Waals surface area (Å²) in [5.74, 6) is 0.853. The molecule has 30 heavy (non-hydrogen) atoms. The normalized spacial score (nSPS) is 11.6. The van der Waals surface area contributed by atoms with Crippen LogP contribution < -0.4 is 4.74 Å². The average molecular weight is 434 g/mol. The van der Waals surface area contributed by atoms with Gasteiger partial charge in [-0.25, -0.2) is 0 Å². The van der Waals surface area contributed by atoms with Gasteiger partial charge in [0.2, 0.25) is 16.9 Å². The van der Waals surface area contributed by atoms with Crippen LogP contribution in [0.1, 0.15) is 11.5 Å². The number of tetrazole rings is 1. The number of hydrogen-bond donors (Lipinski definition) is 0. The van der Waals surface area contributed by atoms with Crippen molar-refractivity contribution >= 4 is 11.8 Å². The molecule has 0 aliphatic heterocycles. The topological polar surface area (TPSA) is 91.8 Å². The SMILES string of the molecule is Cc1cccc(-c2noc(CSc3nnnn3-c3ccc(OC(F)(F)F)cc3)n2)c1. The Morgan fingerprint density at radius 2 is 1.93 bits per heavy atom. The molecule has 4 rings (SSSR count). The number of alkyl halides is 3. The van der Waals surface area contributed by atoms with Crippen molar-refractivity contribution in [2.45, 2.75) is 24.2 Å². The first-order chi connectivity index (χ1) is 14.4. The Kier molecular flexibility index (Phi) is 5.40. The number of benzene rings is 2. The molecule has 0 bridgehead atoms. The Bertz CT molecular complexity index is 1140. The van der Waals surface area contributed by atoms with Gasteiger partial charge in [0.05, 0.1) is 11.4 Å². The molecule has 0 atom stereocenters. The molecule has 0 N–H and O–H groups in total. The highest BCUT2D eigenvalue weighted by Gasteiger charge is 2.31. The largest absolute Gasteiger partial charge is 0.573 e. The molecule has 2 aromatic carbocycles. The first-order valence-electron chi connectivity index (χ1n) is 8.54. The molecule has 2 heterocycles. The van der Waals surface area contributed by atoms with Gasteiger partial charge in [0.25, 0.3) is 0 Å². The fourth-order valence-electron chi connectivity index (χ4n) is 2.56. The van der Waals surface area contributed by atoms with Crippen molar-refractivity contribution in [2.24, 2.45) is 0 Å². The number of aromatic nitrogens is 6. The molecule has 8 nitrogen and oxygen atoms in total. The number of nitrogens with zero attached hydrogens (tertiary/aromatic N) is 6. The number of hydrogen-bond acceptors (Lipinski definition) is 8. The van der Waals surface area contributed by atoms with Crippen molar-refractivity contribution in [1.29, 1.82) is 0 Å². The van der Waals surface area contributed by atoms with Crippen LogP contribution in [-0.2, 0) is 5.75 Å². The molecular weight excluding hydrogens is 421 g/mol. The standard InChI is InChI=1S/C18H13F3N6O2S/c1-11-3-2-4-12(9-11)16-22-15(29-24-16)10-30-17-23-25-26-27(17)13-5-7-14(8-6-13)28-18(19,20)21/h2-9H,10H2,1H3. The molecule has 0 aliphatic rings. The molecule has 2 aromatic heterocycles. The van der Waals surface area contributed by atoms with Gasteiger partial charge in [-0.2, -0.15) is 9.67 Å². The van der Waals surface area contributed by atoms with E-state index in [-0.39, 0.29) is 5.75 Å². The third-order valence-corrected chi connectivity index (χ3v) is 4.73. The molecule has 0 amide bonds. The lowest BCUT2D eigenvalue weighted by Gasteiger charge is -2.09. The zero-order valence-electron chi connectivity index (χ0n) is 15.4. The third-order valence-electron chi connectivity index (χ3n) is 3.82. The molecule has 0 radical (unpaired) electrons. The fourth-order valence-corrected chi connectivity index (χ4v) is 3.29. The molecule has 0 unspecified atom stereocenters. The Balaban J connectivity index is 1.45. The quantitative estimate of drug-likeness (QED) is 0.417. The molecule has 0 fully saturated rings. The monoisotopic (exact) mass is 434 g/mol. The number of rotatable bonds is 6. The summed E-state index contributed by atoms with van der Waals surface area (Å²) in [6.45, 7) is 1.97. The van der Waals surface area contributed by atoms with Gasteiger partial charge < -0.3 is 9.26 Å². The lowest BCUT2D eigenvalue weighted by Crippen LogP contribution is -2.17. The first kappa shape index (κ1) is 19.9. The minimum absolute atomic E-state index is 0.314. The average Bonchev–Trinajstić information content (AvgIpc) is 3.35. The smallest absolute Gasteiger partial charge is 0.406 e. The zero-order valence-corrected chi connectivity index (χ0v) is 16.2. The Labute approximate surface area is 172 Å². The summed E-state index contributed by atoms with van der Waals surface area (Å²) in [5, 5.41) is 15.8. The highest BCUT2D eigenvalue weighted by Crippen LogP contribution is 2.26. The van der Waals surface area contributed by atoms with E-state index in [1.54, 1.807) is 0 Å². The maximum absolute atomic E-state index is 12.3. The second-order valence-corrected chi connectivity index (χ2v) is 7.03. The van der Waals surface area contributed by atoms with E-state index in [2.05, 4.69) is 30.4 Å². The van der Waals surface area contributed by atoms with Crippen molar-refractivity contribution < 1.29 is 22.4 Å². The molecule has 12 heteroatoms. The summed E-state index contributed by atoms with van der Waals surface area (Å²) < 4.78 is 47.4. The van der Waals surface area contributed by atoms with E-state index in [1.165, 1.54) is 40.7 Å². The maximum Gasteiger partial charge on any atom is 0.573 e. The molecule has 0 aliphatic carbocycles. The van der Waals surface area contributed by atoms with Crippen LogP contribution in [0.3, 0.4) is 0 Å². The number of thioether (sulfide) groups is 1. The fraction of sp³-hybridized carbons (Fsp3) is 0.167. The van der Waals surface area contributed by atoms with E-state index < -0.39 is 6.36 Å². The van der Waals surface area contributed by atoms with Crippen LogP contribution in [0.15, 0.2) is 58.2 Å². The summed E-state index contributed by atoms with van der Waals surface area (Å²) in [7, 11) is 0. The van der Waals surface area contributed by atoms with Crippen LogP contribution in [-0.4, -0.2) is 36.7 Å². The van der Waals surface area contributed by atoms with Crippen molar-refractivity contribution in [1.82, 2.24) is 30.3 Å². The van der Waals surface area contributed by atoms with Gasteiger partial charge in [0.1, 0.15) is 5.75 Å². The van der Waals surface area contributed by atoms with Gasteiger partial charge >= 0.3 is 6.36 Å². The molecule has 154 valence electrons. The Morgan fingerprint density at radius 1 is 1.13 bits per heavy atom. The Morgan fingerprint density at radius 3 is 2.67 bits per heavy atom. The van der Waals surface area contributed by atoms with Crippen molar-refractivity contribution in [2.75, 3.05) is 0 Å². The van der Waals surface area contributed by atoms with Crippen LogP contribution in [0.5, 0.6) is 5.75 Å². The van der Waals surface area contributed by atoms with Gasteiger partial charge in [0, 0.05) is 5.56 Å². The van der Waals surface area contributed by atoms with Crippen LogP contribution in [0.2, 0.25) is 0 Å². The molecule has 4 aromatic rings. The third kappa shape index (κ3) is 4.76. The van der Waals surface area contributed by atoms with E-state index in [4.69, 9.17) is 4.52 Å². The van der Waals surface area contributed by atoms with Gasteiger partial charge in [-0.3, -0.25) is 0 Å². The Hall–Kier alpha value is -3.41. The van der Waals surface area contributed by atoms with Gasteiger partial charge in [-0.05, 0) is 47.7 Å². The van der Waals surface area contributed by atoms with E-state index in [9.17, 15) is 13.2 Å². The predicted molar refractivity (Wildman–Crippen MR) is 99.9 cm³/mol. The summed E-state index contributed by atoms with van der Waals surface area (Å²) >= 11 is 1.25. The predicted octanol–water partition coefficient (Wildman–Crippen LogP) is 4.21. The van der Waals surface area contributed by atoms with E-state index >= 15 is 0 Å². The maximum atomic E-state index is 12.3. The van der Waals surface area contributed by atoms with E-state index in [0.717, 1.165) is 11.1 Å². The van der Waals surface area contributed by atoms with Crippen molar-refractivity contribution in [3.8, 4) is 22.8 Å². The summed E-state index contributed by atoms with van der Waals surface area (Å²) in [6, 6.07) is 12.9. The van der Waals surface area contributed by atoms with Crippen molar-refractivity contribution in [3.63, 3.8) is 0 Å². The lowest BCUT2D eigenvalue weighted by atomic mass is 10.1. The molecule has 0 saturated heterocycles. The van der Waals surface area contributed by atoms with Crippen LogP contribution in [0, 0.1) is 6.92 Å². The second-order valence-electron chi connectivity index (χ2n) is 6.08. The van der Waals surface area contributed by atoms with E-state index in [1.807, 2.05) is 31.2 Å². The minimum Gasteiger partial charge on any atom is -0.406 e. The van der Waals surface area contributed by atoms with Crippen molar-refractivity contribution in [3.05, 3.63) is 60.0 Å².